The number of allylic oxidation sites excluding steroid dienone is 4. The molecule has 2 rings (SSSR count). The molecule has 0 bridgehead atoms. The highest BCUT2D eigenvalue weighted by Crippen LogP contribution is 2.49. The second-order valence-electron chi connectivity index (χ2n) is 9.15. The van der Waals surface area contributed by atoms with Gasteiger partial charge in [0.2, 0.25) is 0 Å². The van der Waals surface area contributed by atoms with Crippen LogP contribution in [-0.4, -0.2) is 22.8 Å². The second kappa shape index (κ2) is 6.49. The zero-order valence-electron chi connectivity index (χ0n) is 16.6. The van der Waals surface area contributed by atoms with Gasteiger partial charge < -0.3 is 8.85 Å². The molecule has 2 aliphatic rings. The molecule has 0 radical (unpaired) electrons. The smallest absolute Gasteiger partial charge is 0.391 e. The summed E-state index contributed by atoms with van der Waals surface area (Å²) in [5, 5.41) is 3.07. The molecule has 0 saturated heterocycles. The molecule has 3 heteroatoms. The minimum Gasteiger partial charge on any atom is -0.391 e. The van der Waals surface area contributed by atoms with Gasteiger partial charge in [-0.2, -0.15) is 0 Å². The summed E-state index contributed by atoms with van der Waals surface area (Å²) in [6, 6.07) is 0. The average Bonchev–Trinajstić information content (AvgIpc) is 3.08. The van der Waals surface area contributed by atoms with Gasteiger partial charge in [0.25, 0.3) is 0 Å². The van der Waals surface area contributed by atoms with Crippen molar-refractivity contribution in [1.29, 1.82) is 0 Å². The number of hydrogen-bond donors (Lipinski definition) is 0. The largest absolute Gasteiger partial charge is 0.398 e. The zero-order chi connectivity index (χ0) is 17.5. The highest BCUT2D eigenvalue weighted by atomic mass is 28.4. The first kappa shape index (κ1) is 18.9. The second-order valence-corrected chi connectivity index (χ2v) is 12.4. The molecule has 0 aromatic carbocycles. The van der Waals surface area contributed by atoms with Crippen LogP contribution in [0.3, 0.4) is 0 Å². The van der Waals surface area contributed by atoms with Crippen LogP contribution in [0, 0.1) is 10.8 Å². The Kier molecular flexibility index (Phi) is 5.35. The minimum absolute atomic E-state index is 0.211. The summed E-state index contributed by atoms with van der Waals surface area (Å²) >= 11 is 0. The van der Waals surface area contributed by atoms with Gasteiger partial charge in [0, 0.05) is 14.2 Å². The van der Waals surface area contributed by atoms with E-state index < -0.39 is 8.56 Å². The van der Waals surface area contributed by atoms with Crippen LogP contribution in [0.1, 0.15) is 80.1 Å². The maximum atomic E-state index is 6.31. The highest BCUT2D eigenvalue weighted by Gasteiger charge is 2.51. The van der Waals surface area contributed by atoms with Crippen molar-refractivity contribution in [2.75, 3.05) is 14.2 Å². The van der Waals surface area contributed by atoms with Crippen LogP contribution in [0.5, 0.6) is 0 Å². The van der Waals surface area contributed by atoms with Crippen LogP contribution >= 0.6 is 0 Å². The van der Waals surface area contributed by atoms with Gasteiger partial charge in [0.05, 0.1) is 0 Å². The molecule has 2 aliphatic carbocycles. The highest BCUT2D eigenvalue weighted by molar-refractivity contribution is 6.82. The van der Waals surface area contributed by atoms with Gasteiger partial charge in [-0.05, 0) is 59.7 Å². The SMILES string of the molecule is CO[Si](OC)(C1=C(C(C)(C)C)CCC1)C1=C(C(C)(C)C)CCC1. The van der Waals surface area contributed by atoms with Crippen LogP contribution in [0.15, 0.2) is 21.5 Å². The first-order valence-electron chi connectivity index (χ1n) is 9.14. The quantitative estimate of drug-likeness (QED) is 0.599. The maximum absolute atomic E-state index is 6.31. The summed E-state index contributed by atoms with van der Waals surface area (Å²) in [5.74, 6) is 0. The van der Waals surface area contributed by atoms with Crippen LogP contribution < -0.4 is 0 Å². The fourth-order valence-corrected chi connectivity index (χ4v) is 8.95. The first-order valence-corrected chi connectivity index (χ1v) is 11.0. The van der Waals surface area contributed by atoms with Crippen LogP contribution in [-0.2, 0) is 8.85 Å². The maximum Gasteiger partial charge on any atom is 0.398 e. The number of rotatable bonds is 4. The molecule has 0 N–H and O–H groups in total. The lowest BCUT2D eigenvalue weighted by Gasteiger charge is -2.36. The fourth-order valence-electron chi connectivity index (χ4n) is 4.63. The van der Waals surface area contributed by atoms with E-state index in [0.29, 0.717) is 0 Å². The molecule has 0 atom stereocenters. The molecule has 0 unspecified atom stereocenters. The zero-order valence-corrected chi connectivity index (χ0v) is 17.6. The average molecular weight is 337 g/mol. The monoisotopic (exact) mass is 336 g/mol. The molecule has 0 aromatic rings. The summed E-state index contributed by atoms with van der Waals surface area (Å²) < 4.78 is 12.6. The predicted molar refractivity (Wildman–Crippen MR) is 100 cm³/mol. The van der Waals surface area contributed by atoms with E-state index in [4.69, 9.17) is 8.85 Å². The Morgan fingerprint density at radius 1 is 0.652 bits per heavy atom. The molecule has 23 heavy (non-hydrogen) atoms. The summed E-state index contributed by atoms with van der Waals surface area (Å²) in [7, 11) is 1.30. The van der Waals surface area contributed by atoms with Gasteiger partial charge in [-0.25, -0.2) is 0 Å². The third-order valence-electron chi connectivity index (χ3n) is 5.62. The van der Waals surface area contributed by atoms with Gasteiger partial charge in [-0.15, -0.1) is 0 Å². The first-order chi connectivity index (χ1) is 10.6. The van der Waals surface area contributed by atoms with E-state index in [1.165, 1.54) is 36.1 Å². The van der Waals surface area contributed by atoms with E-state index in [0.717, 1.165) is 12.8 Å². The fraction of sp³-hybridized carbons (Fsp3) is 0.800. The molecule has 0 amide bonds. The van der Waals surface area contributed by atoms with E-state index in [1.54, 1.807) is 11.1 Å². The minimum atomic E-state index is -2.46. The Morgan fingerprint density at radius 3 is 1.26 bits per heavy atom. The number of hydrogen-bond acceptors (Lipinski definition) is 2. The van der Waals surface area contributed by atoms with Crippen molar-refractivity contribution >= 4 is 8.56 Å². The predicted octanol–water partition coefficient (Wildman–Crippen LogP) is 5.85. The van der Waals surface area contributed by atoms with E-state index in [2.05, 4.69) is 41.5 Å². The molecule has 2 nitrogen and oxygen atoms in total. The van der Waals surface area contributed by atoms with E-state index >= 15 is 0 Å². The van der Waals surface area contributed by atoms with Crippen molar-refractivity contribution in [1.82, 2.24) is 0 Å². The summed E-state index contributed by atoms with van der Waals surface area (Å²) in [5.41, 5.74) is 3.62. The van der Waals surface area contributed by atoms with Crippen LogP contribution in [0.2, 0.25) is 0 Å². The molecule has 132 valence electrons. The Labute approximate surface area is 144 Å². The topological polar surface area (TPSA) is 18.5 Å². The van der Waals surface area contributed by atoms with E-state index in [-0.39, 0.29) is 10.8 Å². The van der Waals surface area contributed by atoms with Gasteiger partial charge in [0.15, 0.2) is 0 Å². The van der Waals surface area contributed by atoms with Gasteiger partial charge in [0.1, 0.15) is 0 Å². The van der Waals surface area contributed by atoms with Gasteiger partial charge >= 0.3 is 8.56 Å². The van der Waals surface area contributed by atoms with Crippen molar-refractivity contribution < 1.29 is 8.85 Å². The molecule has 0 aliphatic heterocycles. The normalized spacial score (nSPS) is 20.9. The Hall–Kier alpha value is -0.383. The summed E-state index contributed by atoms with van der Waals surface area (Å²) in [6.45, 7) is 14.0. The van der Waals surface area contributed by atoms with Crippen molar-refractivity contribution in [3.8, 4) is 0 Å². The van der Waals surface area contributed by atoms with Gasteiger partial charge in [-0.1, -0.05) is 52.7 Å². The lowest BCUT2D eigenvalue weighted by molar-refractivity contribution is 0.258. The summed E-state index contributed by atoms with van der Waals surface area (Å²) in [6.07, 6.45) is 7.23. The molecule has 0 aromatic heterocycles. The van der Waals surface area contributed by atoms with Gasteiger partial charge in [-0.3, -0.25) is 0 Å². The molecular formula is C20H36O2Si. The molecular weight excluding hydrogens is 300 g/mol. The molecule has 0 saturated carbocycles. The van der Waals surface area contributed by atoms with Crippen molar-refractivity contribution in [3.05, 3.63) is 21.5 Å². The summed E-state index contributed by atoms with van der Waals surface area (Å²) in [4.78, 5) is 0. The lowest BCUT2D eigenvalue weighted by Crippen LogP contribution is -2.47. The van der Waals surface area contributed by atoms with E-state index in [9.17, 15) is 0 Å². The Balaban J connectivity index is 2.66. The van der Waals surface area contributed by atoms with Crippen molar-refractivity contribution in [2.45, 2.75) is 80.1 Å². The Morgan fingerprint density at radius 2 is 1.00 bits per heavy atom. The standard InChI is InChI=1S/C20H36O2Si/c1-19(2,3)15-11-9-13-17(15)23(21-7,22-8)18-14-10-12-16(18)20(4,5)6/h9-14H2,1-8H3. The van der Waals surface area contributed by atoms with Crippen molar-refractivity contribution in [2.24, 2.45) is 10.8 Å². The third-order valence-corrected chi connectivity index (χ3v) is 9.46. The third kappa shape index (κ3) is 3.38. The molecule has 0 heterocycles. The Bertz CT molecular complexity index is 467. The van der Waals surface area contributed by atoms with Crippen LogP contribution in [0.25, 0.3) is 0 Å². The lowest BCUT2D eigenvalue weighted by atomic mass is 9.86. The van der Waals surface area contributed by atoms with E-state index in [1.807, 2.05) is 14.2 Å². The molecule has 0 fully saturated rings. The molecule has 0 spiro atoms. The van der Waals surface area contributed by atoms with Crippen LogP contribution in [0.4, 0.5) is 0 Å². The van der Waals surface area contributed by atoms with Crippen molar-refractivity contribution in [3.63, 3.8) is 0 Å².